The number of pyridine rings is 1. The first-order valence-electron chi connectivity index (χ1n) is 6.60. The zero-order valence-corrected chi connectivity index (χ0v) is 12.8. The molecule has 1 heterocycles. The Morgan fingerprint density at radius 2 is 2.14 bits per heavy atom. The molecule has 0 amide bonds. The SMILES string of the molecule is Cc1cnc2c(S(=O)(=O)NCC(N)C(C)O)cccc2c1. The third kappa shape index (κ3) is 3.56. The Morgan fingerprint density at radius 1 is 1.43 bits per heavy atom. The van der Waals surface area contributed by atoms with Crippen LogP contribution in [0.25, 0.3) is 10.9 Å². The monoisotopic (exact) mass is 309 g/mol. The first-order chi connectivity index (χ1) is 9.81. The number of sulfonamides is 1. The van der Waals surface area contributed by atoms with Crippen LogP contribution in [0.5, 0.6) is 0 Å². The fourth-order valence-corrected chi connectivity index (χ4v) is 3.16. The van der Waals surface area contributed by atoms with Gasteiger partial charge in [-0.2, -0.15) is 0 Å². The number of nitrogens with two attached hydrogens (primary N) is 1. The van der Waals surface area contributed by atoms with Gasteiger partial charge in [-0.25, -0.2) is 13.1 Å². The summed E-state index contributed by atoms with van der Waals surface area (Å²) in [6.45, 7) is 3.37. The first-order valence-corrected chi connectivity index (χ1v) is 8.08. The molecule has 4 N–H and O–H groups in total. The molecule has 2 unspecified atom stereocenters. The predicted octanol–water partition coefficient (Wildman–Crippen LogP) is 0.530. The van der Waals surface area contributed by atoms with E-state index in [1.807, 2.05) is 19.1 Å². The summed E-state index contributed by atoms with van der Waals surface area (Å²) in [5, 5.41) is 10.1. The van der Waals surface area contributed by atoms with Crippen LogP contribution in [0, 0.1) is 6.92 Å². The largest absolute Gasteiger partial charge is 0.392 e. The van der Waals surface area contributed by atoms with E-state index in [-0.39, 0.29) is 11.4 Å². The number of benzene rings is 1. The maximum Gasteiger partial charge on any atom is 0.242 e. The molecule has 2 aromatic rings. The first kappa shape index (κ1) is 15.8. The topological polar surface area (TPSA) is 105 Å². The van der Waals surface area contributed by atoms with Crippen molar-refractivity contribution in [3.63, 3.8) is 0 Å². The van der Waals surface area contributed by atoms with Crippen molar-refractivity contribution < 1.29 is 13.5 Å². The van der Waals surface area contributed by atoms with Crippen molar-refractivity contribution in [2.75, 3.05) is 6.54 Å². The lowest BCUT2D eigenvalue weighted by Gasteiger charge is -2.16. The number of hydrogen-bond acceptors (Lipinski definition) is 5. The third-order valence-corrected chi connectivity index (χ3v) is 4.68. The van der Waals surface area contributed by atoms with Crippen LogP contribution in [0.2, 0.25) is 0 Å². The molecule has 0 aliphatic carbocycles. The number of hydrogen-bond donors (Lipinski definition) is 3. The molecule has 0 radical (unpaired) electrons. The second kappa shape index (κ2) is 6.07. The molecule has 6 nitrogen and oxygen atoms in total. The van der Waals surface area contributed by atoms with Crippen LogP contribution in [0.15, 0.2) is 35.4 Å². The highest BCUT2D eigenvalue weighted by Gasteiger charge is 2.20. The Balaban J connectivity index is 2.36. The molecule has 0 fully saturated rings. The number of para-hydroxylation sites is 1. The van der Waals surface area contributed by atoms with E-state index in [2.05, 4.69) is 9.71 Å². The average Bonchev–Trinajstić information content (AvgIpc) is 2.43. The summed E-state index contributed by atoms with van der Waals surface area (Å²) >= 11 is 0. The summed E-state index contributed by atoms with van der Waals surface area (Å²) < 4.78 is 27.2. The Morgan fingerprint density at radius 3 is 2.81 bits per heavy atom. The van der Waals surface area contributed by atoms with Gasteiger partial charge in [0.05, 0.1) is 11.6 Å². The number of aliphatic hydroxyl groups is 1. The van der Waals surface area contributed by atoms with Gasteiger partial charge in [-0.15, -0.1) is 0 Å². The molecule has 0 saturated carbocycles. The van der Waals surface area contributed by atoms with Crippen molar-refractivity contribution >= 4 is 20.9 Å². The fourth-order valence-electron chi connectivity index (χ4n) is 1.91. The maximum atomic E-state index is 12.4. The molecule has 1 aromatic heterocycles. The van der Waals surface area contributed by atoms with Gasteiger partial charge >= 0.3 is 0 Å². The number of aromatic nitrogens is 1. The van der Waals surface area contributed by atoms with Gasteiger partial charge in [0.2, 0.25) is 10.0 Å². The smallest absolute Gasteiger partial charge is 0.242 e. The van der Waals surface area contributed by atoms with Crippen LogP contribution >= 0.6 is 0 Å². The number of rotatable bonds is 5. The van der Waals surface area contributed by atoms with Gasteiger partial charge in [0.15, 0.2) is 0 Å². The van der Waals surface area contributed by atoms with Crippen LogP contribution < -0.4 is 10.5 Å². The van der Waals surface area contributed by atoms with Gasteiger partial charge in [0, 0.05) is 24.2 Å². The molecule has 0 spiro atoms. The second-order valence-electron chi connectivity index (χ2n) is 5.10. The molecule has 0 saturated heterocycles. The minimum atomic E-state index is -3.73. The number of aliphatic hydroxyl groups excluding tert-OH is 1. The maximum absolute atomic E-state index is 12.4. The van der Waals surface area contributed by atoms with E-state index >= 15 is 0 Å². The number of nitrogens with zero attached hydrogens (tertiary/aromatic N) is 1. The van der Waals surface area contributed by atoms with Gasteiger partial charge in [0.1, 0.15) is 4.90 Å². The van der Waals surface area contributed by atoms with Crippen molar-refractivity contribution in [1.82, 2.24) is 9.71 Å². The molecule has 2 rings (SSSR count). The highest BCUT2D eigenvalue weighted by molar-refractivity contribution is 7.89. The van der Waals surface area contributed by atoms with E-state index in [1.165, 1.54) is 13.0 Å². The molecule has 1 aromatic carbocycles. The Hall–Kier alpha value is -1.54. The van der Waals surface area contributed by atoms with Crippen molar-refractivity contribution in [3.8, 4) is 0 Å². The lowest BCUT2D eigenvalue weighted by Crippen LogP contribution is -2.43. The molecule has 0 bridgehead atoms. The minimum absolute atomic E-state index is 0.0394. The van der Waals surface area contributed by atoms with Crippen LogP contribution in [0.1, 0.15) is 12.5 Å². The summed E-state index contributed by atoms with van der Waals surface area (Å²) in [4.78, 5) is 4.32. The lowest BCUT2D eigenvalue weighted by molar-refractivity contribution is 0.164. The molecular formula is C14H19N3O3S. The van der Waals surface area contributed by atoms with Gasteiger partial charge in [0.25, 0.3) is 0 Å². The Bertz CT molecular complexity index is 744. The van der Waals surface area contributed by atoms with E-state index in [0.29, 0.717) is 5.52 Å². The van der Waals surface area contributed by atoms with E-state index in [1.54, 1.807) is 12.3 Å². The zero-order valence-electron chi connectivity index (χ0n) is 11.9. The standard InChI is InChI=1S/C14H19N3O3S/c1-9-6-11-4-3-5-13(14(11)16-7-9)21(19,20)17-8-12(15)10(2)18/h3-7,10,12,17-18H,8,15H2,1-2H3. The highest BCUT2D eigenvalue weighted by atomic mass is 32.2. The van der Waals surface area contributed by atoms with Gasteiger partial charge in [-0.3, -0.25) is 4.98 Å². The van der Waals surface area contributed by atoms with Crippen molar-refractivity contribution in [2.45, 2.75) is 30.9 Å². The normalized spacial score (nSPS) is 15.0. The summed E-state index contributed by atoms with van der Waals surface area (Å²) in [5.74, 6) is 0. The number of fused-ring (bicyclic) bond motifs is 1. The highest BCUT2D eigenvalue weighted by Crippen LogP contribution is 2.21. The Kier molecular flexibility index (Phi) is 4.58. The van der Waals surface area contributed by atoms with Gasteiger partial charge < -0.3 is 10.8 Å². The summed E-state index contributed by atoms with van der Waals surface area (Å²) in [7, 11) is -3.73. The van der Waals surface area contributed by atoms with Crippen molar-refractivity contribution in [2.24, 2.45) is 5.73 Å². The van der Waals surface area contributed by atoms with E-state index in [4.69, 9.17) is 5.73 Å². The van der Waals surface area contributed by atoms with Gasteiger partial charge in [-0.05, 0) is 31.5 Å². The number of aryl methyl sites for hydroxylation is 1. The Labute approximate surface area is 124 Å². The third-order valence-electron chi connectivity index (χ3n) is 3.23. The van der Waals surface area contributed by atoms with Crippen LogP contribution in [0.3, 0.4) is 0 Å². The minimum Gasteiger partial charge on any atom is -0.392 e. The zero-order chi connectivity index (χ0) is 15.6. The molecule has 0 aliphatic heterocycles. The molecule has 7 heteroatoms. The predicted molar refractivity (Wildman–Crippen MR) is 81.3 cm³/mol. The average molecular weight is 309 g/mol. The van der Waals surface area contributed by atoms with E-state index < -0.39 is 22.2 Å². The second-order valence-corrected chi connectivity index (χ2v) is 6.83. The molecule has 0 aliphatic rings. The molecule has 2 atom stereocenters. The van der Waals surface area contributed by atoms with Gasteiger partial charge in [-0.1, -0.05) is 12.1 Å². The molecule has 21 heavy (non-hydrogen) atoms. The van der Waals surface area contributed by atoms with E-state index in [0.717, 1.165) is 10.9 Å². The number of nitrogens with one attached hydrogen (secondary N) is 1. The lowest BCUT2D eigenvalue weighted by atomic mass is 10.2. The van der Waals surface area contributed by atoms with Crippen molar-refractivity contribution in [3.05, 3.63) is 36.0 Å². The summed E-state index contributed by atoms with van der Waals surface area (Å²) in [6, 6.07) is 6.21. The summed E-state index contributed by atoms with van der Waals surface area (Å²) in [6.07, 6.45) is 0.837. The molecular weight excluding hydrogens is 290 g/mol. The van der Waals surface area contributed by atoms with Crippen LogP contribution in [-0.4, -0.2) is 37.2 Å². The summed E-state index contributed by atoms with van der Waals surface area (Å²) in [5.41, 5.74) is 7.02. The fraction of sp³-hybridized carbons (Fsp3) is 0.357. The quantitative estimate of drug-likeness (QED) is 0.747. The van der Waals surface area contributed by atoms with Crippen molar-refractivity contribution in [1.29, 1.82) is 0 Å². The van der Waals surface area contributed by atoms with Crippen LogP contribution in [-0.2, 0) is 10.0 Å². The van der Waals surface area contributed by atoms with E-state index in [9.17, 15) is 13.5 Å². The van der Waals surface area contributed by atoms with Crippen LogP contribution in [0.4, 0.5) is 0 Å². The molecule has 114 valence electrons.